The average molecular weight is 478 g/mol. The standard InChI is InChI=1S/C22H21F3N4O3S/c1-14(30)31-13-19-27-28-21(33-19)15-4-6-16(7-5-15)29-11-8-17(9-12-29)32-20-18(22(23,24)25)3-2-10-26-20/h2-7,10,17H,8-9,11-13H2,1H3. The molecule has 0 amide bonds. The summed E-state index contributed by atoms with van der Waals surface area (Å²) >= 11 is 1.36. The van der Waals surface area contributed by atoms with Crippen LogP contribution in [0.5, 0.6) is 5.88 Å². The van der Waals surface area contributed by atoms with E-state index in [1.165, 1.54) is 30.5 Å². The summed E-state index contributed by atoms with van der Waals surface area (Å²) in [6, 6.07) is 10.1. The summed E-state index contributed by atoms with van der Waals surface area (Å²) in [5, 5.41) is 9.52. The van der Waals surface area contributed by atoms with Crippen LogP contribution in [0.25, 0.3) is 10.6 Å². The Kier molecular flexibility index (Phi) is 6.77. The lowest BCUT2D eigenvalue weighted by Crippen LogP contribution is -2.38. The monoisotopic (exact) mass is 478 g/mol. The Bertz CT molecular complexity index is 1100. The molecule has 0 spiro atoms. The molecular weight excluding hydrogens is 457 g/mol. The van der Waals surface area contributed by atoms with E-state index in [1.807, 2.05) is 24.3 Å². The molecule has 0 saturated carbocycles. The molecule has 0 atom stereocenters. The molecule has 1 fully saturated rings. The molecule has 3 aromatic rings. The summed E-state index contributed by atoms with van der Waals surface area (Å²) in [6.07, 6.45) is -2.34. The minimum absolute atomic E-state index is 0.102. The van der Waals surface area contributed by atoms with Crippen molar-refractivity contribution in [3.63, 3.8) is 0 Å². The van der Waals surface area contributed by atoms with Crippen molar-refractivity contribution in [1.29, 1.82) is 0 Å². The van der Waals surface area contributed by atoms with E-state index >= 15 is 0 Å². The van der Waals surface area contributed by atoms with Crippen molar-refractivity contribution in [1.82, 2.24) is 15.2 Å². The van der Waals surface area contributed by atoms with Crippen LogP contribution in [0.4, 0.5) is 18.9 Å². The topological polar surface area (TPSA) is 77.4 Å². The minimum atomic E-state index is -4.50. The van der Waals surface area contributed by atoms with Crippen LogP contribution in [0.1, 0.15) is 30.3 Å². The summed E-state index contributed by atoms with van der Waals surface area (Å²) in [4.78, 5) is 16.9. The van der Waals surface area contributed by atoms with Crippen molar-refractivity contribution < 1.29 is 27.4 Å². The zero-order valence-electron chi connectivity index (χ0n) is 17.7. The summed E-state index contributed by atoms with van der Waals surface area (Å²) in [6.45, 7) is 2.76. The smallest absolute Gasteiger partial charge is 0.421 e. The van der Waals surface area contributed by atoms with Crippen LogP contribution >= 0.6 is 11.3 Å². The van der Waals surface area contributed by atoms with Crippen LogP contribution in [0, 0.1) is 0 Å². The first-order valence-corrected chi connectivity index (χ1v) is 11.1. The van der Waals surface area contributed by atoms with E-state index in [9.17, 15) is 18.0 Å². The highest BCUT2D eigenvalue weighted by Gasteiger charge is 2.36. The van der Waals surface area contributed by atoms with Crippen molar-refractivity contribution in [2.45, 2.75) is 38.7 Å². The van der Waals surface area contributed by atoms with Gasteiger partial charge in [0.25, 0.3) is 0 Å². The second-order valence-corrected chi connectivity index (χ2v) is 8.55. The quantitative estimate of drug-likeness (QED) is 0.474. The van der Waals surface area contributed by atoms with E-state index in [0.717, 1.165) is 22.3 Å². The largest absolute Gasteiger partial charge is 0.474 e. The van der Waals surface area contributed by atoms with Crippen LogP contribution in [0.2, 0.25) is 0 Å². The molecule has 7 nitrogen and oxygen atoms in total. The molecule has 1 aliphatic rings. The Labute approximate surface area is 192 Å². The minimum Gasteiger partial charge on any atom is -0.474 e. The summed E-state index contributed by atoms with van der Waals surface area (Å²) in [7, 11) is 0. The number of rotatable bonds is 6. The molecule has 3 heterocycles. The molecule has 0 unspecified atom stereocenters. The fourth-order valence-electron chi connectivity index (χ4n) is 3.50. The lowest BCUT2D eigenvalue weighted by molar-refractivity contribution is -0.142. The fourth-order valence-corrected chi connectivity index (χ4v) is 4.26. The van der Waals surface area contributed by atoms with Gasteiger partial charge < -0.3 is 14.4 Å². The first-order chi connectivity index (χ1) is 15.8. The third-order valence-corrected chi connectivity index (χ3v) is 6.09. The Hall–Kier alpha value is -3.21. The molecule has 1 aliphatic heterocycles. The number of carbonyl (C=O) groups is 1. The summed E-state index contributed by atoms with van der Waals surface area (Å²) in [5.74, 6) is -0.732. The highest BCUT2D eigenvalue weighted by Crippen LogP contribution is 2.36. The molecule has 33 heavy (non-hydrogen) atoms. The van der Waals surface area contributed by atoms with E-state index in [0.29, 0.717) is 30.9 Å². The molecule has 0 bridgehead atoms. The number of piperidine rings is 1. The number of alkyl halides is 3. The van der Waals surface area contributed by atoms with Crippen LogP contribution in [0.15, 0.2) is 42.6 Å². The van der Waals surface area contributed by atoms with Crippen molar-refractivity contribution >= 4 is 23.0 Å². The molecule has 0 N–H and O–H groups in total. The number of nitrogens with zero attached hydrogens (tertiary/aromatic N) is 4. The van der Waals surface area contributed by atoms with Gasteiger partial charge in [-0.25, -0.2) is 4.98 Å². The van der Waals surface area contributed by atoms with E-state index in [2.05, 4.69) is 20.1 Å². The number of hydrogen-bond donors (Lipinski definition) is 0. The number of benzene rings is 1. The molecule has 0 radical (unpaired) electrons. The molecule has 2 aromatic heterocycles. The summed E-state index contributed by atoms with van der Waals surface area (Å²) in [5.41, 5.74) is 1.06. The van der Waals surface area contributed by atoms with Crippen LogP contribution in [-0.2, 0) is 22.3 Å². The molecule has 4 rings (SSSR count). The van der Waals surface area contributed by atoms with Gasteiger partial charge in [-0.05, 0) is 36.4 Å². The Morgan fingerprint density at radius 3 is 2.55 bits per heavy atom. The van der Waals surface area contributed by atoms with Crippen LogP contribution in [0.3, 0.4) is 0 Å². The lowest BCUT2D eigenvalue weighted by Gasteiger charge is -2.33. The summed E-state index contributed by atoms with van der Waals surface area (Å²) < 4.78 is 50.0. The molecule has 11 heteroatoms. The van der Waals surface area contributed by atoms with Gasteiger partial charge in [-0.3, -0.25) is 4.79 Å². The third-order valence-electron chi connectivity index (χ3n) is 5.14. The zero-order chi connectivity index (χ0) is 23.4. The van der Waals surface area contributed by atoms with Gasteiger partial charge in [0.1, 0.15) is 23.3 Å². The van der Waals surface area contributed by atoms with Gasteiger partial charge >= 0.3 is 12.1 Å². The maximum absolute atomic E-state index is 13.2. The predicted octanol–water partition coefficient (Wildman–Crippen LogP) is 4.73. The zero-order valence-corrected chi connectivity index (χ0v) is 18.5. The fraction of sp³-hybridized carbons (Fsp3) is 0.364. The third kappa shape index (κ3) is 5.78. The first-order valence-electron chi connectivity index (χ1n) is 10.3. The molecule has 0 aliphatic carbocycles. The van der Waals surface area contributed by atoms with Gasteiger partial charge in [0.05, 0.1) is 0 Å². The molecule has 1 aromatic carbocycles. The van der Waals surface area contributed by atoms with Gasteiger partial charge in [-0.1, -0.05) is 11.3 Å². The second-order valence-electron chi connectivity index (χ2n) is 7.49. The molecule has 174 valence electrons. The maximum atomic E-state index is 13.2. The number of esters is 1. The number of carbonyl (C=O) groups excluding carboxylic acids is 1. The van der Waals surface area contributed by atoms with Crippen molar-refractivity contribution in [3.8, 4) is 16.5 Å². The highest BCUT2D eigenvalue weighted by molar-refractivity contribution is 7.14. The number of ether oxygens (including phenoxy) is 2. The van der Waals surface area contributed by atoms with Crippen molar-refractivity contribution in [3.05, 3.63) is 53.2 Å². The number of anilines is 1. The van der Waals surface area contributed by atoms with E-state index in [4.69, 9.17) is 9.47 Å². The van der Waals surface area contributed by atoms with Gasteiger partial charge in [0.2, 0.25) is 5.88 Å². The second kappa shape index (κ2) is 9.74. The van der Waals surface area contributed by atoms with E-state index in [1.54, 1.807) is 0 Å². The highest BCUT2D eigenvalue weighted by atomic mass is 32.1. The number of hydrogen-bond acceptors (Lipinski definition) is 8. The molecule has 1 saturated heterocycles. The van der Waals surface area contributed by atoms with Gasteiger partial charge in [0, 0.05) is 50.3 Å². The molecular formula is C22H21F3N4O3S. The maximum Gasteiger partial charge on any atom is 0.421 e. The first kappa shape index (κ1) is 23.0. The van der Waals surface area contributed by atoms with Gasteiger partial charge in [0.15, 0.2) is 5.01 Å². The normalized spacial score (nSPS) is 14.8. The van der Waals surface area contributed by atoms with Gasteiger partial charge in [-0.2, -0.15) is 13.2 Å². The Morgan fingerprint density at radius 1 is 1.15 bits per heavy atom. The SMILES string of the molecule is CC(=O)OCc1nnc(-c2ccc(N3CCC(Oc4ncccc4C(F)(F)F)CC3)cc2)s1. The van der Waals surface area contributed by atoms with E-state index < -0.39 is 11.7 Å². The van der Waals surface area contributed by atoms with Crippen molar-refractivity contribution in [2.24, 2.45) is 0 Å². The van der Waals surface area contributed by atoms with Crippen LogP contribution in [-0.4, -0.2) is 40.3 Å². The average Bonchev–Trinajstić information content (AvgIpc) is 3.27. The van der Waals surface area contributed by atoms with Gasteiger partial charge in [-0.15, -0.1) is 10.2 Å². The van der Waals surface area contributed by atoms with E-state index in [-0.39, 0.29) is 24.6 Å². The van der Waals surface area contributed by atoms with Crippen LogP contribution < -0.4 is 9.64 Å². The predicted molar refractivity (Wildman–Crippen MR) is 116 cm³/mol. The Morgan fingerprint density at radius 2 is 1.88 bits per heavy atom. The van der Waals surface area contributed by atoms with Crippen molar-refractivity contribution in [2.75, 3.05) is 18.0 Å². The Balaban J connectivity index is 1.34. The lowest BCUT2D eigenvalue weighted by atomic mass is 10.1. The number of pyridine rings is 1. The number of halogens is 3. The number of aromatic nitrogens is 3.